The molecule has 3 nitrogen and oxygen atoms in total. The Morgan fingerprint density at radius 1 is 1.11 bits per heavy atom. The lowest BCUT2D eigenvalue weighted by Gasteiger charge is -2.34. The average Bonchev–Trinajstić information content (AvgIpc) is 2.67. The third-order valence-corrected chi connectivity index (χ3v) is 5.35. The first-order valence-corrected chi connectivity index (χ1v) is 9.15. The van der Waals surface area contributed by atoms with Crippen LogP contribution in [0.2, 0.25) is 5.02 Å². The lowest BCUT2D eigenvalue weighted by molar-refractivity contribution is 0.193. The second-order valence-electron chi connectivity index (χ2n) is 6.75. The molecule has 0 N–H and O–H groups in total. The molecule has 3 aromatic rings. The fourth-order valence-electron chi connectivity index (χ4n) is 3.59. The Kier molecular flexibility index (Phi) is 4.91. The molecular weight excluding hydrogens is 375 g/mol. The molecule has 1 fully saturated rings. The van der Waals surface area contributed by atoms with E-state index in [0.29, 0.717) is 36.8 Å². The van der Waals surface area contributed by atoms with E-state index in [4.69, 9.17) is 11.6 Å². The SMILES string of the molecule is Fc1ccc([C@H](F)C2CCN(c3nc4cnccc4cc3Cl)CC2)c(F)c1. The van der Waals surface area contributed by atoms with E-state index in [-0.39, 0.29) is 11.5 Å². The highest BCUT2D eigenvalue weighted by molar-refractivity contribution is 6.33. The Labute approximate surface area is 159 Å². The van der Waals surface area contributed by atoms with E-state index in [1.54, 1.807) is 12.4 Å². The van der Waals surface area contributed by atoms with Gasteiger partial charge in [0.15, 0.2) is 0 Å². The number of anilines is 1. The number of fused-ring (bicyclic) bond motifs is 1. The van der Waals surface area contributed by atoms with Gasteiger partial charge in [-0.15, -0.1) is 0 Å². The molecule has 0 spiro atoms. The van der Waals surface area contributed by atoms with Gasteiger partial charge in [-0.05, 0) is 37.0 Å². The first-order valence-electron chi connectivity index (χ1n) is 8.77. The van der Waals surface area contributed by atoms with Gasteiger partial charge in [0, 0.05) is 36.3 Å². The van der Waals surface area contributed by atoms with Gasteiger partial charge in [-0.2, -0.15) is 0 Å². The third-order valence-electron chi connectivity index (χ3n) is 5.07. The molecule has 0 unspecified atom stereocenters. The van der Waals surface area contributed by atoms with Crippen LogP contribution in [0.4, 0.5) is 19.0 Å². The molecular formula is C20H17ClF3N3. The van der Waals surface area contributed by atoms with Crippen LogP contribution in [0.15, 0.2) is 42.7 Å². The maximum absolute atomic E-state index is 14.8. The second-order valence-corrected chi connectivity index (χ2v) is 7.16. The number of piperidine rings is 1. The minimum Gasteiger partial charge on any atom is -0.355 e. The highest BCUT2D eigenvalue weighted by Crippen LogP contribution is 2.37. The lowest BCUT2D eigenvalue weighted by atomic mass is 9.88. The van der Waals surface area contributed by atoms with Crippen LogP contribution in [0.25, 0.3) is 10.9 Å². The molecule has 3 heterocycles. The smallest absolute Gasteiger partial charge is 0.148 e. The molecule has 0 aliphatic carbocycles. The Bertz CT molecular complexity index is 974. The zero-order chi connectivity index (χ0) is 19.0. The highest BCUT2D eigenvalue weighted by Gasteiger charge is 2.30. The molecule has 0 saturated carbocycles. The normalized spacial score (nSPS) is 16.7. The van der Waals surface area contributed by atoms with Gasteiger partial charge in [-0.1, -0.05) is 17.7 Å². The summed E-state index contributed by atoms with van der Waals surface area (Å²) in [6, 6.07) is 6.70. The summed E-state index contributed by atoms with van der Waals surface area (Å²) in [7, 11) is 0. The summed E-state index contributed by atoms with van der Waals surface area (Å²) >= 11 is 6.38. The Hall–Kier alpha value is -2.34. The molecule has 1 aliphatic rings. The molecule has 4 rings (SSSR count). The van der Waals surface area contributed by atoms with Gasteiger partial charge >= 0.3 is 0 Å². The predicted octanol–water partition coefficient (Wildman–Crippen LogP) is 5.49. The van der Waals surface area contributed by atoms with E-state index < -0.39 is 17.8 Å². The molecule has 1 saturated heterocycles. The van der Waals surface area contributed by atoms with Crippen LogP contribution >= 0.6 is 11.6 Å². The predicted molar refractivity (Wildman–Crippen MR) is 99.7 cm³/mol. The first-order chi connectivity index (χ1) is 13.0. The number of rotatable bonds is 3. The summed E-state index contributed by atoms with van der Waals surface area (Å²) in [6.45, 7) is 1.12. The summed E-state index contributed by atoms with van der Waals surface area (Å²) in [5.41, 5.74) is 0.665. The zero-order valence-electron chi connectivity index (χ0n) is 14.4. The Morgan fingerprint density at radius 2 is 1.89 bits per heavy atom. The minimum atomic E-state index is -1.46. The van der Waals surface area contributed by atoms with Crippen molar-refractivity contribution in [2.24, 2.45) is 5.92 Å². The maximum Gasteiger partial charge on any atom is 0.148 e. The minimum absolute atomic E-state index is 0.0808. The van der Waals surface area contributed by atoms with Crippen LogP contribution in [0.1, 0.15) is 24.6 Å². The van der Waals surface area contributed by atoms with Crippen molar-refractivity contribution >= 4 is 28.3 Å². The fraction of sp³-hybridized carbons (Fsp3) is 0.300. The van der Waals surface area contributed by atoms with Gasteiger partial charge in [0.2, 0.25) is 0 Å². The Morgan fingerprint density at radius 3 is 2.63 bits per heavy atom. The van der Waals surface area contributed by atoms with Gasteiger partial charge in [0.25, 0.3) is 0 Å². The quantitative estimate of drug-likeness (QED) is 0.591. The van der Waals surface area contributed by atoms with Crippen molar-refractivity contribution in [3.05, 3.63) is 64.9 Å². The van der Waals surface area contributed by atoms with E-state index in [1.807, 2.05) is 17.0 Å². The standard InChI is InChI=1S/C20H17ClF3N3/c21-16-9-13-3-6-25-11-18(13)26-20(16)27-7-4-12(5-8-27)19(24)15-2-1-14(22)10-17(15)23/h1-3,6,9-12,19H,4-5,7-8H2/t19-/m1/s1. The van der Waals surface area contributed by atoms with E-state index in [9.17, 15) is 13.2 Å². The van der Waals surface area contributed by atoms with Gasteiger partial charge < -0.3 is 4.90 Å². The number of halogens is 4. The topological polar surface area (TPSA) is 29.0 Å². The number of hydrogen-bond acceptors (Lipinski definition) is 3. The van der Waals surface area contributed by atoms with Crippen LogP contribution < -0.4 is 4.90 Å². The Balaban J connectivity index is 1.49. The summed E-state index contributed by atoms with van der Waals surface area (Å²) in [4.78, 5) is 10.7. The van der Waals surface area contributed by atoms with Crippen molar-refractivity contribution in [1.82, 2.24) is 9.97 Å². The third kappa shape index (κ3) is 3.58. The van der Waals surface area contributed by atoms with Crippen molar-refractivity contribution in [3.63, 3.8) is 0 Å². The largest absolute Gasteiger partial charge is 0.355 e. The van der Waals surface area contributed by atoms with Gasteiger partial charge in [0.05, 0.1) is 16.7 Å². The second kappa shape index (κ2) is 7.35. The van der Waals surface area contributed by atoms with Gasteiger partial charge in [-0.25, -0.2) is 18.2 Å². The summed E-state index contributed by atoms with van der Waals surface area (Å²) in [5, 5.41) is 1.44. The van der Waals surface area contributed by atoms with Crippen LogP contribution in [0.3, 0.4) is 0 Å². The first kappa shape index (κ1) is 18.0. The van der Waals surface area contributed by atoms with Crippen LogP contribution in [0.5, 0.6) is 0 Å². The molecule has 1 aliphatic heterocycles. The van der Waals surface area contributed by atoms with E-state index in [0.717, 1.165) is 23.0 Å². The van der Waals surface area contributed by atoms with Gasteiger partial charge in [-0.3, -0.25) is 4.98 Å². The molecule has 140 valence electrons. The molecule has 27 heavy (non-hydrogen) atoms. The molecule has 0 amide bonds. The number of benzene rings is 1. The van der Waals surface area contributed by atoms with Crippen molar-refractivity contribution in [3.8, 4) is 0 Å². The number of pyridine rings is 2. The van der Waals surface area contributed by atoms with Crippen LogP contribution in [-0.2, 0) is 0 Å². The number of alkyl halides is 1. The summed E-state index contributed by atoms with van der Waals surface area (Å²) in [5.74, 6) is -1.22. The van der Waals surface area contributed by atoms with Crippen molar-refractivity contribution < 1.29 is 13.2 Å². The number of hydrogen-bond donors (Lipinski definition) is 0. The van der Waals surface area contributed by atoms with E-state index in [2.05, 4.69) is 9.97 Å². The zero-order valence-corrected chi connectivity index (χ0v) is 15.1. The molecule has 2 aromatic heterocycles. The van der Waals surface area contributed by atoms with E-state index >= 15 is 0 Å². The van der Waals surface area contributed by atoms with Gasteiger partial charge in [0.1, 0.15) is 23.6 Å². The van der Waals surface area contributed by atoms with Crippen LogP contribution in [0, 0.1) is 17.6 Å². The van der Waals surface area contributed by atoms with E-state index in [1.165, 1.54) is 6.07 Å². The molecule has 1 atom stereocenters. The van der Waals surface area contributed by atoms with Crippen molar-refractivity contribution in [2.45, 2.75) is 19.0 Å². The summed E-state index contributed by atoms with van der Waals surface area (Å²) < 4.78 is 41.7. The molecule has 7 heteroatoms. The van der Waals surface area contributed by atoms with Crippen LogP contribution in [-0.4, -0.2) is 23.1 Å². The number of aromatic nitrogens is 2. The molecule has 0 radical (unpaired) electrons. The average molecular weight is 392 g/mol. The molecule has 1 aromatic carbocycles. The monoisotopic (exact) mass is 391 g/mol. The van der Waals surface area contributed by atoms with Crippen molar-refractivity contribution in [2.75, 3.05) is 18.0 Å². The molecule has 0 bridgehead atoms. The maximum atomic E-state index is 14.8. The number of nitrogens with zero attached hydrogens (tertiary/aromatic N) is 3. The van der Waals surface area contributed by atoms with Crippen molar-refractivity contribution in [1.29, 1.82) is 0 Å². The fourth-order valence-corrected chi connectivity index (χ4v) is 3.87. The highest BCUT2D eigenvalue weighted by atomic mass is 35.5. The lowest BCUT2D eigenvalue weighted by Crippen LogP contribution is -2.35. The summed E-state index contributed by atoms with van der Waals surface area (Å²) in [6.07, 6.45) is 2.96.